The molecule has 3 nitrogen and oxygen atoms in total. The molecule has 124 valence electrons. The van der Waals surface area contributed by atoms with Gasteiger partial charge in [0.25, 0.3) is 0 Å². The van der Waals surface area contributed by atoms with Gasteiger partial charge in [-0.25, -0.2) is 0 Å². The Labute approximate surface area is 146 Å². The van der Waals surface area contributed by atoms with Crippen LogP contribution in [0.25, 0.3) is 10.9 Å². The van der Waals surface area contributed by atoms with E-state index >= 15 is 0 Å². The first-order valence-corrected chi connectivity index (χ1v) is 9.55. The highest BCUT2D eigenvalue weighted by atomic mass is 32.1. The second kappa shape index (κ2) is 6.19. The third kappa shape index (κ3) is 2.50. The third-order valence-corrected chi connectivity index (χ3v) is 6.37. The van der Waals surface area contributed by atoms with Gasteiger partial charge in [-0.3, -0.25) is 4.79 Å². The number of aryl methyl sites for hydroxylation is 1. The van der Waals surface area contributed by atoms with Crippen molar-refractivity contribution in [2.75, 3.05) is 6.54 Å². The van der Waals surface area contributed by atoms with Gasteiger partial charge < -0.3 is 9.88 Å². The first-order chi connectivity index (χ1) is 11.7. The summed E-state index contributed by atoms with van der Waals surface area (Å²) in [5.74, 6) is 0.267. The van der Waals surface area contributed by atoms with Crippen LogP contribution in [-0.2, 0) is 0 Å². The molecule has 0 saturated carbocycles. The number of carbonyl (C=O) groups excluding carboxylic acids is 1. The van der Waals surface area contributed by atoms with Gasteiger partial charge >= 0.3 is 0 Å². The lowest BCUT2D eigenvalue weighted by Gasteiger charge is -2.26. The number of quaternary nitrogens is 1. The third-order valence-electron chi connectivity index (χ3n) is 5.38. The smallest absolute Gasteiger partial charge is 0.222 e. The average molecular weight is 339 g/mol. The molecule has 1 aromatic carbocycles. The number of ketones is 1. The highest BCUT2D eigenvalue weighted by Gasteiger charge is 2.38. The maximum absolute atomic E-state index is 13.3. The second-order valence-corrected chi connectivity index (χ2v) is 7.77. The Kier molecular flexibility index (Phi) is 4.02. The van der Waals surface area contributed by atoms with E-state index in [2.05, 4.69) is 35.5 Å². The SMILES string of the molecule is Cc1[nH]c2ccccc2c1C(=O)[C@@H](C)[NH+]1CCC[C@@H]1c1cccs1. The predicted octanol–water partition coefficient (Wildman–Crippen LogP) is 3.53. The van der Waals surface area contributed by atoms with Crippen LogP contribution in [0, 0.1) is 6.92 Å². The number of hydrogen-bond acceptors (Lipinski definition) is 2. The minimum atomic E-state index is -0.0162. The zero-order chi connectivity index (χ0) is 16.7. The van der Waals surface area contributed by atoms with Crippen LogP contribution >= 0.6 is 11.3 Å². The van der Waals surface area contributed by atoms with Gasteiger partial charge in [-0.2, -0.15) is 0 Å². The molecule has 0 spiro atoms. The van der Waals surface area contributed by atoms with Crippen molar-refractivity contribution in [3.63, 3.8) is 0 Å². The fourth-order valence-electron chi connectivity index (χ4n) is 4.18. The minimum Gasteiger partial charge on any atom is -0.358 e. The quantitative estimate of drug-likeness (QED) is 0.701. The molecule has 1 aliphatic heterocycles. The summed E-state index contributed by atoms with van der Waals surface area (Å²) in [5, 5.41) is 3.19. The van der Waals surface area contributed by atoms with Crippen molar-refractivity contribution in [3.05, 3.63) is 57.9 Å². The van der Waals surface area contributed by atoms with Crippen molar-refractivity contribution in [3.8, 4) is 0 Å². The summed E-state index contributed by atoms with van der Waals surface area (Å²) < 4.78 is 0. The maximum atomic E-state index is 13.3. The Hall–Kier alpha value is -1.91. The Morgan fingerprint density at radius 1 is 1.29 bits per heavy atom. The maximum Gasteiger partial charge on any atom is 0.222 e. The van der Waals surface area contributed by atoms with Gasteiger partial charge in [0.15, 0.2) is 0 Å². The van der Waals surface area contributed by atoms with Gasteiger partial charge in [-0.15, -0.1) is 11.3 Å². The second-order valence-electron chi connectivity index (χ2n) is 6.79. The van der Waals surface area contributed by atoms with Crippen LogP contribution < -0.4 is 4.90 Å². The summed E-state index contributed by atoms with van der Waals surface area (Å²) in [6, 6.07) is 12.9. The molecule has 0 bridgehead atoms. The van der Waals surface area contributed by atoms with E-state index in [1.165, 1.54) is 22.6 Å². The van der Waals surface area contributed by atoms with Gasteiger partial charge in [-0.05, 0) is 31.4 Å². The average Bonchev–Trinajstić information content (AvgIpc) is 3.31. The number of para-hydroxylation sites is 1. The Bertz CT molecular complexity index is 865. The number of aromatic amines is 1. The number of thiophene rings is 1. The molecule has 1 aliphatic rings. The van der Waals surface area contributed by atoms with E-state index in [-0.39, 0.29) is 11.8 Å². The van der Waals surface area contributed by atoms with E-state index in [4.69, 9.17) is 0 Å². The Morgan fingerprint density at radius 3 is 2.92 bits per heavy atom. The number of likely N-dealkylation sites (tertiary alicyclic amines) is 1. The van der Waals surface area contributed by atoms with Crippen LogP contribution in [-0.4, -0.2) is 23.4 Å². The predicted molar refractivity (Wildman–Crippen MR) is 99.0 cm³/mol. The van der Waals surface area contributed by atoms with Gasteiger partial charge in [0, 0.05) is 29.4 Å². The molecule has 0 aliphatic carbocycles. The zero-order valence-corrected chi connectivity index (χ0v) is 15.0. The number of hydrogen-bond donors (Lipinski definition) is 2. The van der Waals surface area contributed by atoms with Gasteiger partial charge in [0.1, 0.15) is 12.1 Å². The lowest BCUT2D eigenvalue weighted by molar-refractivity contribution is -0.931. The van der Waals surface area contributed by atoms with Crippen LogP contribution in [0.3, 0.4) is 0 Å². The number of nitrogens with one attached hydrogen (secondary N) is 2. The Balaban J connectivity index is 1.67. The van der Waals surface area contributed by atoms with Crippen molar-refractivity contribution in [1.29, 1.82) is 0 Å². The molecule has 24 heavy (non-hydrogen) atoms. The number of aromatic nitrogens is 1. The molecule has 1 fully saturated rings. The molecule has 4 heteroatoms. The first kappa shape index (κ1) is 15.6. The summed E-state index contributed by atoms with van der Waals surface area (Å²) in [4.78, 5) is 19.5. The molecular weight excluding hydrogens is 316 g/mol. The van der Waals surface area contributed by atoms with Crippen molar-refractivity contribution < 1.29 is 9.69 Å². The molecule has 3 atom stereocenters. The molecular formula is C20H23N2OS+. The molecule has 4 rings (SSSR count). The highest BCUT2D eigenvalue weighted by Crippen LogP contribution is 2.26. The van der Waals surface area contributed by atoms with E-state index in [1.807, 2.05) is 36.5 Å². The van der Waals surface area contributed by atoms with Crippen LogP contribution in [0.15, 0.2) is 41.8 Å². The van der Waals surface area contributed by atoms with Crippen LogP contribution in [0.5, 0.6) is 0 Å². The lowest BCUT2D eigenvalue weighted by atomic mass is 10.00. The number of Topliss-reactive ketones (excluding diaryl/α,β-unsaturated/α-hetero) is 1. The van der Waals surface area contributed by atoms with E-state index in [1.54, 1.807) is 0 Å². The lowest BCUT2D eigenvalue weighted by Crippen LogP contribution is -3.14. The van der Waals surface area contributed by atoms with Crippen molar-refractivity contribution in [1.82, 2.24) is 4.98 Å². The molecule has 1 unspecified atom stereocenters. The zero-order valence-electron chi connectivity index (χ0n) is 14.1. The Morgan fingerprint density at radius 2 is 2.12 bits per heavy atom. The van der Waals surface area contributed by atoms with Crippen molar-refractivity contribution >= 4 is 28.0 Å². The van der Waals surface area contributed by atoms with Crippen LogP contribution in [0.1, 0.15) is 46.7 Å². The molecule has 2 N–H and O–H groups in total. The standard InChI is InChI=1S/C20H22N2OS/c1-13-19(15-7-3-4-8-16(15)21-13)20(23)14(2)22-11-5-9-17(22)18-10-6-12-24-18/h3-4,6-8,10,12,14,17,21H,5,9,11H2,1-2H3/p+1/t14-,17-/m1/s1. The van der Waals surface area contributed by atoms with Crippen molar-refractivity contribution in [2.24, 2.45) is 0 Å². The normalized spacial score (nSPS) is 22.1. The molecule has 0 radical (unpaired) electrons. The largest absolute Gasteiger partial charge is 0.358 e. The summed E-state index contributed by atoms with van der Waals surface area (Å²) in [6.45, 7) is 5.19. The van der Waals surface area contributed by atoms with E-state index in [0.717, 1.165) is 28.7 Å². The van der Waals surface area contributed by atoms with Crippen molar-refractivity contribution in [2.45, 2.75) is 38.8 Å². The van der Waals surface area contributed by atoms with Gasteiger partial charge in [0.2, 0.25) is 5.78 Å². The summed E-state index contributed by atoms with van der Waals surface area (Å²) in [6.07, 6.45) is 2.38. The highest BCUT2D eigenvalue weighted by molar-refractivity contribution is 7.10. The molecule has 3 aromatic rings. The van der Waals surface area contributed by atoms with Gasteiger partial charge in [-0.1, -0.05) is 24.3 Å². The number of benzene rings is 1. The number of rotatable bonds is 4. The van der Waals surface area contributed by atoms with Crippen LogP contribution in [0.2, 0.25) is 0 Å². The van der Waals surface area contributed by atoms with E-state index < -0.39 is 0 Å². The summed E-state index contributed by atoms with van der Waals surface area (Å²) in [7, 11) is 0. The molecule has 3 heterocycles. The van der Waals surface area contributed by atoms with E-state index in [0.29, 0.717) is 6.04 Å². The molecule has 0 amide bonds. The topological polar surface area (TPSA) is 37.3 Å². The number of fused-ring (bicyclic) bond motifs is 1. The first-order valence-electron chi connectivity index (χ1n) is 8.67. The summed E-state index contributed by atoms with van der Waals surface area (Å²) >= 11 is 1.82. The van der Waals surface area contributed by atoms with E-state index in [9.17, 15) is 4.79 Å². The number of carbonyl (C=O) groups is 1. The molecule has 2 aromatic heterocycles. The monoisotopic (exact) mass is 339 g/mol. The fraction of sp³-hybridized carbons (Fsp3) is 0.350. The number of H-pyrrole nitrogens is 1. The van der Waals surface area contributed by atoms with Crippen LogP contribution in [0.4, 0.5) is 0 Å². The van der Waals surface area contributed by atoms with Gasteiger partial charge in [0.05, 0.1) is 17.0 Å². The summed E-state index contributed by atoms with van der Waals surface area (Å²) in [5.41, 5.74) is 2.92. The minimum absolute atomic E-state index is 0.0162. The fourth-order valence-corrected chi connectivity index (χ4v) is 5.09. The molecule has 1 saturated heterocycles.